The maximum atomic E-state index is 10.7. The molecule has 120 valence electrons. The Morgan fingerprint density at radius 3 is 2.73 bits per heavy atom. The normalized spacial score (nSPS) is 11.5. The second-order valence-electron chi connectivity index (χ2n) is 4.68. The third-order valence-electron chi connectivity index (χ3n) is 2.86. The van der Waals surface area contributed by atoms with Gasteiger partial charge < -0.3 is 5.32 Å². The monoisotopic (exact) mass is 342 g/mol. The van der Waals surface area contributed by atoms with Crippen molar-refractivity contribution in [2.75, 3.05) is 18.4 Å². The van der Waals surface area contributed by atoms with Crippen LogP contribution < -0.4 is 15.2 Å². The summed E-state index contributed by atoms with van der Waals surface area (Å²) in [4.78, 5) is 8.75. The van der Waals surface area contributed by atoms with Gasteiger partial charge in [-0.1, -0.05) is 12.5 Å². The Hall–Kier alpha value is -1.55. The van der Waals surface area contributed by atoms with Crippen LogP contribution in [0.1, 0.15) is 20.7 Å². The Kier molecular flexibility index (Phi) is 6.25. The molecule has 4 N–H and O–H groups in total. The second kappa shape index (κ2) is 8.18. The van der Waals surface area contributed by atoms with Gasteiger partial charge in [0.25, 0.3) is 10.2 Å². The van der Waals surface area contributed by atoms with Gasteiger partial charge in [-0.25, -0.2) is 14.8 Å². The summed E-state index contributed by atoms with van der Waals surface area (Å²) >= 11 is 1.55. The molecule has 0 radical (unpaired) electrons. The molecule has 0 atom stereocenters. The van der Waals surface area contributed by atoms with E-state index in [-0.39, 0.29) is 1.43 Å². The van der Waals surface area contributed by atoms with Gasteiger partial charge in [0.05, 0.1) is 5.69 Å². The van der Waals surface area contributed by atoms with E-state index >= 15 is 0 Å². The number of aromatic nitrogens is 2. The topological polar surface area (TPSA) is 110 Å². The quantitative estimate of drug-likeness (QED) is 0.601. The minimum Gasteiger partial charge on any atom is -0.362 e. The average Bonchev–Trinajstić information content (AvgIpc) is 2.95. The Labute approximate surface area is 135 Å². The van der Waals surface area contributed by atoms with E-state index in [1.54, 1.807) is 17.5 Å². The smallest absolute Gasteiger partial charge is 0.362 e. The fourth-order valence-corrected chi connectivity index (χ4v) is 2.99. The van der Waals surface area contributed by atoms with Crippen LogP contribution in [0.2, 0.25) is 0 Å². The van der Waals surface area contributed by atoms with Crippen LogP contribution in [-0.2, 0) is 10.2 Å². The minimum absolute atomic E-state index is 0. The number of hydrogen-bond acceptors (Lipinski definition) is 6. The molecule has 9 heteroatoms. The van der Waals surface area contributed by atoms with Crippen molar-refractivity contribution in [3.05, 3.63) is 29.8 Å². The zero-order valence-corrected chi connectivity index (χ0v) is 13.7. The lowest BCUT2D eigenvalue weighted by atomic mass is 10.2. The number of unbranched alkanes of at least 4 members (excludes halogenated alkanes) is 2. The summed E-state index contributed by atoms with van der Waals surface area (Å²) in [5.41, 5.74) is 1.73. The van der Waals surface area contributed by atoms with E-state index in [9.17, 15) is 8.42 Å². The third kappa shape index (κ3) is 6.06. The van der Waals surface area contributed by atoms with Gasteiger partial charge in [-0.15, -0.1) is 11.3 Å². The van der Waals surface area contributed by atoms with Crippen LogP contribution in [-0.4, -0.2) is 31.5 Å². The molecular formula is C13H20N5O2S2+. The van der Waals surface area contributed by atoms with Gasteiger partial charge in [-0.2, -0.15) is 8.42 Å². The molecule has 0 fully saturated rings. The Bertz CT molecular complexity index is 679. The third-order valence-corrected chi connectivity index (χ3v) is 4.27. The first-order chi connectivity index (χ1) is 10.5. The molecule has 2 aromatic heterocycles. The van der Waals surface area contributed by atoms with Crippen molar-refractivity contribution in [2.45, 2.75) is 19.3 Å². The van der Waals surface area contributed by atoms with Crippen LogP contribution in [0.25, 0.3) is 11.4 Å². The lowest BCUT2D eigenvalue weighted by molar-refractivity contribution is 0.577. The number of rotatable bonds is 9. The van der Waals surface area contributed by atoms with Crippen LogP contribution in [0.3, 0.4) is 0 Å². The SMILES string of the molecule is NS(=O)(=O)NCCCCCNc1nc(-c2ccccn2)cs1.[H+]. The second-order valence-corrected chi connectivity index (χ2v) is 6.92. The van der Waals surface area contributed by atoms with Crippen molar-refractivity contribution in [2.24, 2.45) is 5.14 Å². The van der Waals surface area contributed by atoms with Crippen LogP contribution in [0.15, 0.2) is 29.8 Å². The molecule has 22 heavy (non-hydrogen) atoms. The highest BCUT2D eigenvalue weighted by molar-refractivity contribution is 7.87. The fraction of sp³-hybridized carbons (Fsp3) is 0.385. The van der Waals surface area contributed by atoms with E-state index in [0.717, 1.165) is 42.3 Å². The standard InChI is InChI=1S/C13H19N5O2S2/c14-22(19,20)17-9-4-1-3-8-16-13-18-12(10-21-13)11-6-2-5-7-15-11/h2,5-7,10,17H,1,3-4,8-9H2,(H,16,18)(H2,14,19,20)/p+1. The van der Waals surface area contributed by atoms with Crippen molar-refractivity contribution < 1.29 is 9.84 Å². The van der Waals surface area contributed by atoms with Gasteiger partial charge in [-0.05, 0) is 25.0 Å². The highest BCUT2D eigenvalue weighted by Crippen LogP contribution is 2.22. The summed E-state index contributed by atoms with van der Waals surface area (Å²) in [6.07, 6.45) is 4.35. The molecule has 2 rings (SSSR count). The molecule has 0 saturated carbocycles. The van der Waals surface area contributed by atoms with E-state index in [1.807, 2.05) is 23.6 Å². The van der Waals surface area contributed by atoms with Crippen LogP contribution in [0.5, 0.6) is 0 Å². The first-order valence-electron chi connectivity index (χ1n) is 6.93. The Balaban J connectivity index is 0.00000264. The molecule has 2 heterocycles. The van der Waals surface area contributed by atoms with Crippen LogP contribution in [0.4, 0.5) is 5.13 Å². The maximum absolute atomic E-state index is 10.7. The van der Waals surface area contributed by atoms with E-state index in [2.05, 4.69) is 20.0 Å². The number of nitrogens with zero attached hydrogens (tertiary/aromatic N) is 2. The van der Waals surface area contributed by atoms with Gasteiger partial charge in [0.1, 0.15) is 5.69 Å². The molecule has 0 aliphatic heterocycles. The number of nitrogens with two attached hydrogens (primary N) is 1. The van der Waals surface area contributed by atoms with E-state index in [4.69, 9.17) is 5.14 Å². The molecule has 0 aliphatic rings. The Morgan fingerprint density at radius 1 is 1.18 bits per heavy atom. The molecule has 0 bridgehead atoms. The first-order valence-corrected chi connectivity index (χ1v) is 9.35. The highest BCUT2D eigenvalue weighted by atomic mass is 32.2. The van der Waals surface area contributed by atoms with E-state index in [1.165, 1.54) is 0 Å². The number of thiazole rings is 1. The Morgan fingerprint density at radius 2 is 2.00 bits per heavy atom. The molecule has 0 unspecified atom stereocenters. The number of hydrogen-bond donors (Lipinski definition) is 3. The van der Waals surface area contributed by atoms with Gasteiger partial charge in [0, 0.05) is 24.7 Å². The lowest BCUT2D eigenvalue weighted by Crippen LogP contribution is -2.31. The first kappa shape index (κ1) is 16.8. The molecular weight excluding hydrogens is 322 g/mol. The van der Waals surface area contributed by atoms with Crippen LogP contribution in [0, 0.1) is 0 Å². The largest absolute Gasteiger partial charge is 1.00 e. The molecule has 0 spiro atoms. The number of pyridine rings is 1. The van der Waals surface area contributed by atoms with Gasteiger partial charge in [0.2, 0.25) is 0 Å². The predicted octanol–water partition coefficient (Wildman–Crippen LogP) is 1.69. The van der Waals surface area contributed by atoms with Gasteiger partial charge in [-0.3, -0.25) is 4.98 Å². The van der Waals surface area contributed by atoms with Crippen LogP contribution >= 0.6 is 11.3 Å². The fourth-order valence-electron chi connectivity index (χ4n) is 1.82. The summed E-state index contributed by atoms with van der Waals surface area (Å²) in [5, 5.41) is 10.9. The molecule has 2 aromatic rings. The summed E-state index contributed by atoms with van der Waals surface area (Å²) in [6.45, 7) is 1.17. The summed E-state index contributed by atoms with van der Waals surface area (Å²) in [5.74, 6) is 0. The summed E-state index contributed by atoms with van der Waals surface area (Å²) in [7, 11) is -3.56. The maximum Gasteiger partial charge on any atom is 1.00 e. The van der Waals surface area contributed by atoms with Crippen molar-refractivity contribution in [1.82, 2.24) is 14.7 Å². The van der Waals surface area contributed by atoms with Gasteiger partial charge >= 0.3 is 1.43 Å². The molecule has 0 saturated heterocycles. The van der Waals surface area contributed by atoms with Crippen molar-refractivity contribution in [3.8, 4) is 11.4 Å². The highest BCUT2D eigenvalue weighted by Gasteiger charge is 2.04. The molecule has 7 nitrogen and oxygen atoms in total. The zero-order chi connectivity index (χ0) is 15.8. The van der Waals surface area contributed by atoms with E-state index in [0.29, 0.717) is 6.54 Å². The molecule has 0 aromatic carbocycles. The van der Waals surface area contributed by atoms with E-state index < -0.39 is 10.2 Å². The number of nitrogens with one attached hydrogen (secondary N) is 2. The number of anilines is 1. The zero-order valence-electron chi connectivity index (χ0n) is 13.0. The summed E-state index contributed by atoms with van der Waals surface area (Å²) in [6, 6.07) is 5.74. The predicted molar refractivity (Wildman–Crippen MR) is 89.9 cm³/mol. The average molecular weight is 342 g/mol. The molecule has 0 aliphatic carbocycles. The molecule has 0 amide bonds. The van der Waals surface area contributed by atoms with Crippen molar-refractivity contribution in [1.29, 1.82) is 0 Å². The van der Waals surface area contributed by atoms with Gasteiger partial charge in [0.15, 0.2) is 5.13 Å². The van der Waals surface area contributed by atoms with Crippen molar-refractivity contribution >= 4 is 26.7 Å². The van der Waals surface area contributed by atoms with Crippen molar-refractivity contribution in [3.63, 3.8) is 0 Å². The minimum atomic E-state index is -3.56. The summed E-state index contributed by atoms with van der Waals surface area (Å²) < 4.78 is 23.6. The lowest BCUT2D eigenvalue weighted by Gasteiger charge is -2.03.